The second-order valence-electron chi connectivity index (χ2n) is 6.62. The van der Waals surface area contributed by atoms with Crippen LogP contribution >= 0.6 is 0 Å². The van der Waals surface area contributed by atoms with E-state index < -0.39 is 15.8 Å². The molecule has 0 unspecified atom stereocenters. The van der Waals surface area contributed by atoms with Crippen molar-refractivity contribution in [3.05, 3.63) is 89.7 Å². The maximum absolute atomic E-state index is 13.9. The third-order valence-corrected chi connectivity index (χ3v) is 6.51. The Morgan fingerprint density at radius 3 is 2.41 bits per heavy atom. The summed E-state index contributed by atoms with van der Waals surface area (Å²) in [5.74, 6) is -0.474. The number of nitrogens with zero attached hydrogens (tertiary/aromatic N) is 1. The number of nitrogens with one attached hydrogen (secondary N) is 1. The molecule has 1 aliphatic heterocycles. The van der Waals surface area contributed by atoms with Crippen LogP contribution in [0.5, 0.6) is 0 Å². The minimum absolute atomic E-state index is 0.177. The number of fused-ring (bicyclic) bond motifs is 1. The fraction of sp³-hybridized carbons (Fsp3) is 0.143. The van der Waals surface area contributed by atoms with E-state index in [1.807, 2.05) is 37.3 Å². The van der Waals surface area contributed by atoms with Gasteiger partial charge in [0.25, 0.3) is 10.0 Å². The van der Waals surface area contributed by atoms with Gasteiger partial charge in [-0.25, -0.2) is 12.8 Å². The smallest absolute Gasteiger partial charge is 0.264 e. The maximum Gasteiger partial charge on any atom is 0.264 e. The fourth-order valence-electron chi connectivity index (χ4n) is 3.27. The topological polar surface area (TPSA) is 49.4 Å². The highest BCUT2D eigenvalue weighted by atomic mass is 32.2. The number of hydrogen-bond donors (Lipinski definition) is 1. The minimum Gasteiger partial charge on any atom is -0.375 e. The molecule has 1 N–H and O–H groups in total. The molecule has 3 aromatic carbocycles. The van der Waals surface area contributed by atoms with E-state index in [9.17, 15) is 12.8 Å². The summed E-state index contributed by atoms with van der Waals surface area (Å²) in [5, 5.41) is 3.33. The van der Waals surface area contributed by atoms with Crippen LogP contribution in [0.3, 0.4) is 0 Å². The lowest BCUT2D eigenvalue weighted by Gasteiger charge is -2.36. The van der Waals surface area contributed by atoms with Gasteiger partial charge >= 0.3 is 0 Å². The molecular formula is C21H19FN2O2S. The zero-order chi connectivity index (χ0) is 19.0. The van der Waals surface area contributed by atoms with Crippen LogP contribution in [0.2, 0.25) is 0 Å². The summed E-state index contributed by atoms with van der Waals surface area (Å²) >= 11 is 0. The molecule has 4 nitrogen and oxygen atoms in total. The molecular weight excluding hydrogens is 363 g/mol. The van der Waals surface area contributed by atoms with Gasteiger partial charge in [0.05, 0.1) is 28.9 Å². The molecule has 6 heteroatoms. The van der Waals surface area contributed by atoms with Gasteiger partial charge in [-0.2, -0.15) is 0 Å². The first-order valence-corrected chi connectivity index (χ1v) is 10.1. The molecule has 0 spiro atoms. The van der Waals surface area contributed by atoms with Gasteiger partial charge in [0.2, 0.25) is 0 Å². The van der Waals surface area contributed by atoms with Crippen LogP contribution in [0, 0.1) is 12.7 Å². The molecule has 0 radical (unpaired) electrons. The van der Waals surface area contributed by atoms with Crippen molar-refractivity contribution >= 4 is 21.4 Å². The van der Waals surface area contributed by atoms with E-state index in [-0.39, 0.29) is 17.5 Å². The number of anilines is 2. The highest BCUT2D eigenvalue weighted by Gasteiger charge is 2.34. The van der Waals surface area contributed by atoms with Gasteiger partial charge in [-0.3, -0.25) is 4.31 Å². The van der Waals surface area contributed by atoms with E-state index in [0.717, 1.165) is 11.1 Å². The Morgan fingerprint density at radius 1 is 1.00 bits per heavy atom. The molecule has 1 heterocycles. The number of benzene rings is 3. The number of rotatable bonds is 3. The Morgan fingerprint density at radius 2 is 1.70 bits per heavy atom. The zero-order valence-electron chi connectivity index (χ0n) is 14.8. The molecule has 0 aliphatic carbocycles. The standard InChI is InChI=1S/C21H19FN2O2S/c1-15-7-10-18(11-8-15)27(25,26)24-14-20(16-5-3-2-4-6-16)23-19-12-9-17(22)13-21(19)24/h2-13,20,23H,14H2,1H3/t20-/m1/s1. The molecule has 0 aromatic heterocycles. The Bertz CT molecular complexity index is 1070. The number of aryl methyl sites for hydroxylation is 1. The van der Waals surface area contributed by atoms with Crippen LogP contribution in [-0.2, 0) is 10.0 Å². The predicted octanol–water partition coefficient (Wildman–Crippen LogP) is 4.50. The first kappa shape index (κ1) is 17.5. The number of halogens is 1. The van der Waals surface area contributed by atoms with E-state index in [1.165, 1.54) is 16.4 Å². The van der Waals surface area contributed by atoms with Crippen molar-refractivity contribution in [2.24, 2.45) is 0 Å². The van der Waals surface area contributed by atoms with Crippen molar-refractivity contribution in [3.8, 4) is 0 Å². The van der Waals surface area contributed by atoms with Crippen molar-refractivity contribution in [2.75, 3.05) is 16.2 Å². The second kappa shape index (κ2) is 6.70. The first-order chi connectivity index (χ1) is 12.9. The lowest BCUT2D eigenvalue weighted by molar-refractivity contribution is 0.584. The number of hydrogen-bond acceptors (Lipinski definition) is 3. The Balaban J connectivity index is 1.82. The quantitative estimate of drug-likeness (QED) is 0.726. The van der Waals surface area contributed by atoms with Crippen LogP contribution in [0.4, 0.5) is 15.8 Å². The van der Waals surface area contributed by atoms with E-state index in [0.29, 0.717) is 11.4 Å². The molecule has 0 fully saturated rings. The summed E-state index contributed by atoms with van der Waals surface area (Å²) in [6.45, 7) is 2.08. The van der Waals surface area contributed by atoms with Crippen LogP contribution in [0.1, 0.15) is 17.2 Å². The molecule has 0 amide bonds. The van der Waals surface area contributed by atoms with Crippen molar-refractivity contribution in [1.82, 2.24) is 0 Å². The van der Waals surface area contributed by atoms with Gasteiger partial charge in [0, 0.05) is 6.07 Å². The lowest BCUT2D eigenvalue weighted by atomic mass is 10.0. The van der Waals surface area contributed by atoms with E-state index in [4.69, 9.17) is 0 Å². The first-order valence-electron chi connectivity index (χ1n) is 8.65. The predicted molar refractivity (Wildman–Crippen MR) is 105 cm³/mol. The molecule has 0 bridgehead atoms. The second-order valence-corrected chi connectivity index (χ2v) is 8.48. The van der Waals surface area contributed by atoms with Crippen molar-refractivity contribution in [3.63, 3.8) is 0 Å². The monoisotopic (exact) mass is 382 g/mol. The molecule has 0 saturated carbocycles. The summed E-state index contributed by atoms with van der Waals surface area (Å²) in [7, 11) is -3.82. The van der Waals surface area contributed by atoms with Crippen molar-refractivity contribution in [2.45, 2.75) is 17.9 Å². The molecule has 1 aliphatic rings. The van der Waals surface area contributed by atoms with Gasteiger partial charge in [0.15, 0.2) is 0 Å². The van der Waals surface area contributed by atoms with Gasteiger partial charge in [-0.1, -0.05) is 48.0 Å². The normalized spacial score (nSPS) is 16.5. The third-order valence-electron chi connectivity index (χ3n) is 4.72. The van der Waals surface area contributed by atoms with Crippen LogP contribution in [0.15, 0.2) is 77.7 Å². The van der Waals surface area contributed by atoms with Crippen LogP contribution < -0.4 is 9.62 Å². The van der Waals surface area contributed by atoms with Crippen molar-refractivity contribution in [1.29, 1.82) is 0 Å². The fourth-order valence-corrected chi connectivity index (χ4v) is 4.76. The molecule has 0 saturated heterocycles. The lowest BCUT2D eigenvalue weighted by Crippen LogP contribution is -2.40. The Hall–Kier alpha value is -2.86. The highest BCUT2D eigenvalue weighted by molar-refractivity contribution is 7.92. The van der Waals surface area contributed by atoms with Crippen molar-refractivity contribution < 1.29 is 12.8 Å². The maximum atomic E-state index is 13.9. The van der Waals surface area contributed by atoms with Crippen LogP contribution in [-0.4, -0.2) is 15.0 Å². The van der Waals surface area contributed by atoms with Gasteiger partial charge in [-0.15, -0.1) is 0 Å². The largest absolute Gasteiger partial charge is 0.375 e. The number of sulfonamides is 1. The zero-order valence-corrected chi connectivity index (χ0v) is 15.6. The molecule has 27 heavy (non-hydrogen) atoms. The molecule has 3 aromatic rings. The van der Waals surface area contributed by atoms with Gasteiger partial charge < -0.3 is 5.32 Å². The van der Waals surface area contributed by atoms with Gasteiger partial charge in [0.1, 0.15) is 5.82 Å². The third kappa shape index (κ3) is 3.28. The highest BCUT2D eigenvalue weighted by Crippen LogP contribution is 2.39. The summed E-state index contributed by atoms with van der Waals surface area (Å²) in [5.41, 5.74) is 2.86. The summed E-state index contributed by atoms with van der Waals surface area (Å²) in [6, 6.07) is 20.3. The van der Waals surface area contributed by atoms with Gasteiger partial charge in [-0.05, 0) is 36.8 Å². The van der Waals surface area contributed by atoms with E-state index >= 15 is 0 Å². The Labute approximate surface area is 158 Å². The minimum atomic E-state index is -3.82. The molecule has 4 rings (SSSR count). The summed E-state index contributed by atoms with van der Waals surface area (Å²) in [4.78, 5) is 0.192. The molecule has 138 valence electrons. The SMILES string of the molecule is Cc1ccc(S(=O)(=O)N2C[C@H](c3ccccc3)Nc3ccc(F)cc32)cc1. The summed E-state index contributed by atoms with van der Waals surface area (Å²) in [6.07, 6.45) is 0. The van der Waals surface area contributed by atoms with E-state index in [2.05, 4.69) is 5.32 Å². The Kier molecular flexibility index (Phi) is 4.36. The summed E-state index contributed by atoms with van der Waals surface area (Å²) < 4.78 is 41.8. The van der Waals surface area contributed by atoms with E-state index in [1.54, 1.807) is 30.3 Å². The van der Waals surface area contributed by atoms with Crippen LogP contribution in [0.25, 0.3) is 0 Å². The molecule has 1 atom stereocenters. The average Bonchev–Trinajstić information content (AvgIpc) is 2.68. The average molecular weight is 382 g/mol.